The summed E-state index contributed by atoms with van der Waals surface area (Å²) in [7, 11) is 0. The van der Waals surface area contributed by atoms with Crippen LogP contribution in [0.15, 0.2) is 48.6 Å². The minimum absolute atomic E-state index is 0.257. The van der Waals surface area contributed by atoms with Gasteiger partial charge in [-0.2, -0.15) is 0 Å². The monoisotopic (exact) mass is 357 g/mol. The molecule has 0 radical (unpaired) electrons. The highest BCUT2D eigenvalue weighted by molar-refractivity contribution is 6.42. The number of hydrogen-bond donors (Lipinski definition) is 1. The smallest absolute Gasteiger partial charge is 0.0595 e. The van der Waals surface area contributed by atoms with Crippen LogP contribution in [0.4, 0.5) is 5.69 Å². The van der Waals surface area contributed by atoms with E-state index < -0.39 is 0 Å². The number of benzene rings is 2. The second kappa shape index (κ2) is 6.13. The molecule has 2 aromatic rings. The third-order valence-corrected chi connectivity index (χ3v) is 6.09. The molecule has 0 unspecified atom stereocenters. The maximum absolute atomic E-state index is 6.28. The summed E-state index contributed by atoms with van der Waals surface area (Å²) < 4.78 is 0. The second-order valence-electron chi connectivity index (χ2n) is 7.12. The Kier molecular flexibility index (Phi) is 4.10. The van der Waals surface area contributed by atoms with Crippen molar-refractivity contribution in [3.05, 3.63) is 75.3 Å². The van der Waals surface area contributed by atoms with Gasteiger partial charge in [0.05, 0.1) is 16.1 Å². The summed E-state index contributed by atoms with van der Waals surface area (Å²) in [6.45, 7) is 4.50. The average molecular weight is 358 g/mol. The Morgan fingerprint density at radius 1 is 1.08 bits per heavy atom. The Labute approximate surface area is 153 Å². The van der Waals surface area contributed by atoms with E-state index in [4.69, 9.17) is 23.2 Å². The van der Waals surface area contributed by atoms with E-state index in [0.717, 1.165) is 6.42 Å². The third kappa shape index (κ3) is 2.55. The molecule has 124 valence electrons. The number of hydrogen-bond acceptors (Lipinski definition) is 1. The molecule has 0 saturated carbocycles. The van der Waals surface area contributed by atoms with Crippen LogP contribution in [-0.2, 0) is 0 Å². The van der Waals surface area contributed by atoms with Gasteiger partial charge in [0.15, 0.2) is 0 Å². The molecule has 3 heteroatoms. The van der Waals surface area contributed by atoms with Gasteiger partial charge in [-0.1, -0.05) is 73.5 Å². The zero-order valence-electron chi connectivity index (χ0n) is 13.9. The van der Waals surface area contributed by atoms with Gasteiger partial charge in [0.2, 0.25) is 0 Å². The van der Waals surface area contributed by atoms with Crippen LogP contribution < -0.4 is 5.32 Å². The fraction of sp³-hybridized carbons (Fsp3) is 0.333. The number of halogens is 2. The molecule has 24 heavy (non-hydrogen) atoms. The summed E-state index contributed by atoms with van der Waals surface area (Å²) in [6.07, 6.45) is 5.78. The number of para-hydroxylation sites is 1. The molecule has 2 aromatic carbocycles. The first kappa shape index (κ1) is 16.1. The molecule has 0 aromatic heterocycles. The Morgan fingerprint density at radius 3 is 2.67 bits per heavy atom. The van der Waals surface area contributed by atoms with E-state index >= 15 is 0 Å². The standard InChI is InChI=1S/C21H21Cl2N/c1-12(2)14-5-3-8-17-15-6-4-7-16(15)20(24-21(14)17)13-9-10-18(22)19(23)11-13/h3-6,8-12,15-16,20,24H,7H2,1-2H3/t15-,16-,20+/m0/s1. The van der Waals surface area contributed by atoms with Gasteiger partial charge in [0, 0.05) is 11.6 Å². The van der Waals surface area contributed by atoms with Crippen molar-refractivity contribution in [3.63, 3.8) is 0 Å². The van der Waals surface area contributed by atoms with Gasteiger partial charge in [-0.25, -0.2) is 0 Å². The number of anilines is 1. The fourth-order valence-electron chi connectivity index (χ4n) is 4.16. The van der Waals surface area contributed by atoms with Crippen molar-refractivity contribution >= 4 is 28.9 Å². The lowest BCUT2D eigenvalue weighted by Crippen LogP contribution is -2.30. The molecule has 3 atom stereocenters. The first-order chi connectivity index (χ1) is 11.6. The van der Waals surface area contributed by atoms with Gasteiger partial charge >= 0.3 is 0 Å². The van der Waals surface area contributed by atoms with Crippen LogP contribution in [-0.4, -0.2) is 0 Å². The Bertz CT molecular complexity index is 809. The number of fused-ring (bicyclic) bond motifs is 3. The molecule has 0 fully saturated rings. The zero-order chi connectivity index (χ0) is 16.8. The second-order valence-corrected chi connectivity index (χ2v) is 7.93. The van der Waals surface area contributed by atoms with Crippen LogP contribution in [0, 0.1) is 5.92 Å². The van der Waals surface area contributed by atoms with E-state index in [2.05, 4.69) is 55.6 Å². The summed E-state index contributed by atoms with van der Waals surface area (Å²) >= 11 is 12.4. The maximum atomic E-state index is 6.28. The third-order valence-electron chi connectivity index (χ3n) is 5.35. The van der Waals surface area contributed by atoms with Crippen LogP contribution in [0.3, 0.4) is 0 Å². The van der Waals surface area contributed by atoms with Gasteiger partial charge in [-0.3, -0.25) is 0 Å². The number of nitrogens with one attached hydrogen (secondary N) is 1. The van der Waals surface area contributed by atoms with Crippen LogP contribution in [0.25, 0.3) is 0 Å². The molecule has 1 aliphatic carbocycles. The predicted octanol–water partition coefficient (Wildman–Crippen LogP) is 6.94. The number of rotatable bonds is 2. The van der Waals surface area contributed by atoms with Gasteiger partial charge < -0.3 is 5.32 Å². The molecule has 1 nitrogen and oxygen atoms in total. The molecule has 1 aliphatic heterocycles. The van der Waals surface area contributed by atoms with Crippen LogP contribution in [0.2, 0.25) is 10.0 Å². The Morgan fingerprint density at radius 2 is 1.92 bits per heavy atom. The van der Waals surface area contributed by atoms with Crippen molar-refractivity contribution in [2.75, 3.05) is 5.32 Å². The highest BCUT2D eigenvalue weighted by Gasteiger charge is 2.38. The lowest BCUT2D eigenvalue weighted by molar-refractivity contribution is 0.424. The molecule has 4 rings (SSSR count). The zero-order valence-corrected chi connectivity index (χ0v) is 15.4. The van der Waals surface area contributed by atoms with E-state index in [9.17, 15) is 0 Å². The van der Waals surface area contributed by atoms with Gasteiger partial charge in [-0.05, 0) is 47.1 Å². The van der Waals surface area contributed by atoms with Crippen molar-refractivity contribution in [1.82, 2.24) is 0 Å². The molecular weight excluding hydrogens is 337 g/mol. The Balaban J connectivity index is 1.83. The van der Waals surface area contributed by atoms with Crippen LogP contribution in [0.1, 0.15) is 54.8 Å². The molecule has 1 heterocycles. The molecule has 0 saturated heterocycles. The van der Waals surface area contributed by atoms with Crippen molar-refractivity contribution in [3.8, 4) is 0 Å². The predicted molar refractivity (Wildman–Crippen MR) is 103 cm³/mol. The summed E-state index contributed by atoms with van der Waals surface area (Å²) in [5.74, 6) is 1.49. The lowest BCUT2D eigenvalue weighted by atomic mass is 9.75. The highest BCUT2D eigenvalue weighted by Crippen LogP contribution is 2.51. The molecule has 0 amide bonds. The topological polar surface area (TPSA) is 12.0 Å². The largest absolute Gasteiger partial charge is 0.377 e. The minimum Gasteiger partial charge on any atom is -0.377 e. The number of allylic oxidation sites excluding steroid dienone is 2. The van der Waals surface area contributed by atoms with Crippen molar-refractivity contribution in [2.24, 2.45) is 5.92 Å². The molecule has 0 spiro atoms. The first-order valence-corrected chi connectivity index (χ1v) is 9.33. The van der Waals surface area contributed by atoms with E-state index in [-0.39, 0.29) is 6.04 Å². The van der Waals surface area contributed by atoms with E-state index in [1.807, 2.05) is 12.1 Å². The fourth-order valence-corrected chi connectivity index (χ4v) is 4.47. The van der Waals surface area contributed by atoms with E-state index in [1.165, 1.54) is 22.4 Å². The molecule has 2 aliphatic rings. The molecular formula is C21H21Cl2N. The Hall–Kier alpha value is -1.44. The van der Waals surface area contributed by atoms with Crippen LogP contribution >= 0.6 is 23.2 Å². The quantitative estimate of drug-likeness (QED) is 0.573. The normalized spacial score (nSPS) is 24.6. The lowest BCUT2D eigenvalue weighted by Gasteiger charge is -2.39. The minimum atomic E-state index is 0.257. The van der Waals surface area contributed by atoms with E-state index in [0.29, 0.717) is 27.8 Å². The SMILES string of the molecule is CC(C)c1cccc2c1N[C@H](c1ccc(Cl)c(Cl)c1)[C@H]1CC=C[C@H]21. The molecule has 0 bridgehead atoms. The maximum Gasteiger partial charge on any atom is 0.0595 e. The molecule has 1 N–H and O–H groups in total. The van der Waals surface area contributed by atoms with Crippen molar-refractivity contribution in [2.45, 2.75) is 38.1 Å². The highest BCUT2D eigenvalue weighted by atomic mass is 35.5. The summed E-state index contributed by atoms with van der Waals surface area (Å²) in [6, 6.07) is 13.0. The van der Waals surface area contributed by atoms with Crippen LogP contribution in [0.5, 0.6) is 0 Å². The van der Waals surface area contributed by atoms with Crippen molar-refractivity contribution in [1.29, 1.82) is 0 Å². The van der Waals surface area contributed by atoms with Gasteiger partial charge in [0.25, 0.3) is 0 Å². The summed E-state index contributed by atoms with van der Waals surface area (Å²) in [5.41, 5.74) is 5.33. The summed E-state index contributed by atoms with van der Waals surface area (Å²) in [5, 5.41) is 5.08. The summed E-state index contributed by atoms with van der Waals surface area (Å²) in [4.78, 5) is 0. The van der Waals surface area contributed by atoms with Crippen molar-refractivity contribution < 1.29 is 0 Å². The average Bonchev–Trinajstić information content (AvgIpc) is 3.06. The van der Waals surface area contributed by atoms with Gasteiger partial charge in [0.1, 0.15) is 0 Å². The van der Waals surface area contributed by atoms with Gasteiger partial charge in [-0.15, -0.1) is 0 Å². The first-order valence-electron chi connectivity index (χ1n) is 8.57. The van der Waals surface area contributed by atoms with E-state index in [1.54, 1.807) is 0 Å².